The summed E-state index contributed by atoms with van der Waals surface area (Å²) in [6.07, 6.45) is 9.96. The van der Waals surface area contributed by atoms with Gasteiger partial charge >= 0.3 is 11.9 Å². The summed E-state index contributed by atoms with van der Waals surface area (Å²) in [5.41, 5.74) is -1.33. The molecular weight excluding hydrogens is 464 g/mol. The zero-order chi connectivity index (χ0) is 27.4. The number of aliphatic carboxylic acids is 1. The molecule has 0 aromatic rings. The first-order valence-corrected chi connectivity index (χ1v) is 15.1. The number of carbonyl (C=O) groups excluding carboxylic acids is 1. The van der Waals surface area contributed by atoms with Gasteiger partial charge in [-0.05, 0) is 124 Å². The van der Waals surface area contributed by atoms with Gasteiger partial charge in [-0.3, -0.25) is 9.59 Å². The molecule has 0 aromatic heterocycles. The Bertz CT molecular complexity index is 969. The molecule has 0 heterocycles. The van der Waals surface area contributed by atoms with E-state index in [1.807, 2.05) is 20.8 Å². The summed E-state index contributed by atoms with van der Waals surface area (Å²) in [5, 5.41) is 21.5. The molecule has 0 aliphatic heterocycles. The normalized spacial score (nSPS) is 53.3. The predicted octanol–water partition coefficient (Wildman–Crippen LogP) is 6.86. The summed E-state index contributed by atoms with van der Waals surface area (Å²) in [4.78, 5) is 25.0. The van der Waals surface area contributed by atoms with Gasteiger partial charge in [0.15, 0.2) is 0 Å². The van der Waals surface area contributed by atoms with Crippen LogP contribution in [0.25, 0.3) is 0 Å². The van der Waals surface area contributed by atoms with E-state index in [0.29, 0.717) is 11.8 Å². The summed E-state index contributed by atoms with van der Waals surface area (Å²) in [6, 6.07) is 0. The maximum atomic E-state index is 12.6. The van der Waals surface area contributed by atoms with E-state index in [9.17, 15) is 19.8 Å². The van der Waals surface area contributed by atoms with Crippen molar-refractivity contribution in [2.75, 3.05) is 0 Å². The van der Waals surface area contributed by atoms with Gasteiger partial charge in [0.25, 0.3) is 0 Å². The first kappa shape index (κ1) is 27.5. The molecule has 0 radical (unpaired) electrons. The van der Waals surface area contributed by atoms with Gasteiger partial charge in [-0.25, -0.2) is 0 Å². The fourth-order valence-corrected chi connectivity index (χ4v) is 12.4. The van der Waals surface area contributed by atoms with Crippen LogP contribution in [-0.2, 0) is 14.3 Å². The molecule has 0 spiro atoms. The molecule has 210 valence electrons. The monoisotopic (exact) mass is 516 g/mol. The van der Waals surface area contributed by atoms with Crippen LogP contribution < -0.4 is 0 Å². The third kappa shape index (κ3) is 3.50. The van der Waals surface area contributed by atoms with Gasteiger partial charge in [0.05, 0.1) is 11.0 Å². The summed E-state index contributed by atoms with van der Waals surface area (Å²) >= 11 is 0. The lowest BCUT2D eigenvalue weighted by Crippen LogP contribution is -2.68. The van der Waals surface area contributed by atoms with Gasteiger partial charge in [-0.15, -0.1) is 0 Å². The molecule has 0 bridgehead atoms. The summed E-state index contributed by atoms with van der Waals surface area (Å²) in [7, 11) is 0. The Labute approximate surface area is 224 Å². The van der Waals surface area contributed by atoms with E-state index in [0.717, 1.165) is 64.2 Å². The summed E-state index contributed by atoms with van der Waals surface area (Å²) in [6.45, 7) is 17.3. The minimum absolute atomic E-state index is 0.000818. The van der Waals surface area contributed by atoms with E-state index in [4.69, 9.17) is 4.74 Å². The third-order valence-corrected chi connectivity index (χ3v) is 14.0. The number of fused-ring (bicyclic) bond motifs is 7. The number of hydrogen-bond acceptors (Lipinski definition) is 4. The average molecular weight is 517 g/mol. The highest BCUT2D eigenvalue weighted by atomic mass is 16.5. The molecule has 0 unspecified atom stereocenters. The van der Waals surface area contributed by atoms with Gasteiger partial charge in [-0.1, -0.05) is 34.1 Å². The quantitative estimate of drug-likeness (QED) is 0.401. The number of carbonyl (C=O) groups is 2. The van der Waals surface area contributed by atoms with Gasteiger partial charge in [0.1, 0.15) is 6.10 Å². The van der Waals surface area contributed by atoms with Crippen molar-refractivity contribution in [1.82, 2.24) is 0 Å². The molecule has 5 aliphatic rings. The van der Waals surface area contributed by atoms with E-state index in [1.54, 1.807) is 0 Å². The molecule has 0 saturated heterocycles. The SMILES string of the molecule is CC(=O)O[C@H]1C[C@]2(C)[C@H](CC[C@@H]3[C@@]4(C)CCC[C@@](C)(C(=O)O)[C@@H]4CC[C@]32C)[C@@]2(C)CC[C@H](C(C)(C)O)[C@H]12. The molecule has 11 atom stereocenters. The van der Waals surface area contributed by atoms with Crippen LogP contribution in [-0.4, -0.2) is 33.9 Å². The average Bonchev–Trinajstić information content (AvgIpc) is 3.12. The van der Waals surface area contributed by atoms with Crippen LogP contribution in [0.1, 0.15) is 120 Å². The Balaban J connectivity index is 1.58. The Kier molecular flexibility index (Phi) is 6.09. The number of aliphatic hydroxyl groups is 1. The lowest BCUT2D eigenvalue weighted by atomic mass is 9.31. The molecule has 5 heteroatoms. The molecule has 5 rings (SSSR count). The van der Waals surface area contributed by atoms with Crippen LogP contribution in [0.5, 0.6) is 0 Å². The molecule has 5 fully saturated rings. The molecule has 5 nitrogen and oxygen atoms in total. The highest BCUT2D eigenvalue weighted by molar-refractivity contribution is 5.75. The molecule has 5 aliphatic carbocycles. The minimum atomic E-state index is -0.801. The fraction of sp³-hybridized carbons (Fsp3) is 0.938. The number of esters is 1. The maximum Gasteiger partial charge on any atom is 0.309 e. The molecule has 37 heavy (non-hydrogen) atoms. The minimum Gasteiger partial charge on any atom is -0.481 e. The highest BCUT2D eigenvalue weighted by Gasteiger charge is 2.73. The van der Waals surface area contributed by atoms with Crippen LogP contribution in [0, 0.1) is 56.7 Å². The number of hydrogen-bond donors (Lipinski definition) is 2. The van der Waals surface area contributed by atoms with Gasteiger partial charge in [0, 0.05) is 12.8 Å². The van der Waals surface area contributed by atoms with Crippen molar-refractivity contribution in [3.63, 3.8) is 0 Å². The Morgan fingerprint density at radius 1 is 0.811 bits per heavy atom. The first-order chi connectivity index (χ1) is 16.9. The van der Waals surface area contributed by atoms with Crippen molar-refractivity contribution in [3.8, 4) is 0 Å². The molecular formula is C32H52O5. The second-order valence-corrected chi connectivity index (χ2v) is 15.9. The van der Waals surface area contributed by atoms with Crippen LogP contribution in [0.4, 0.5) is 0 Å². The van der Waals surface area contributed by atoms with E-state index in [1.165, 1.54) is 6.92 Å². The van der Waals surface area contributed by atoms with E-state index >= 15 is 0 Å². The van der Waals surface area contributed by atoms with Crippen molar-refractivity contribution in [1.29, 1.82) is 0 Å². The number of carboxylic acids is 1. The number of ether oxygens (including phenoxy) is 1. The van der Waals surface area contributed by atoms with Gasteiger partial charge < -0.3 is 14.9 Å². The first-order valence-electron chi connectivity index (χ1n) is 15.1. The van der Waals surface area contributed by atoms with E-state index in [-0.39, 0.29) is 51.5 Å². The van der Waals surface area contributed by atoms with Crippen molar-refractivity contribution in [2.45, 2.75) is 131 Å². The van der Waals surface area contributed by atoms with Crippen LogP contribution in [0.3, 0.4) is 0 Å². The standard InChI is InChI=1S/C32H52O5/c1-19(33)37-21-18-32(8)24(29(5)16-12-20(25(21)29)27(2,3)36)11-10-23-28(4)14-9-15-30(6,26(34)35)22(28)13-17-31(23,32)7/h20-25,36H,9-18H2,1-8H3,(H,34,35)/t20-,21-,22+,23+,24+,25+,28-,29+,30+,31+,32+/m0/s1. The van der Waals surface area contributed by atoms with Crippen LogP contribution in [0.2, 0.25) is 0 Å². The summed E-state index contributed by atoms with van der Waals surface area (Å²) in [5.74, 6) is 0.675. The van der Waals surface area contributed by atoms with Crippen LogP contribution >= 0.6 is 0 Å². The lowest BCUT2D eigenvalue weighted by Gasteiger charge is -2.73. The Morgan fingerprint density at radius 2 is 1.43 bits per heavy atom. The number of carboxylic acid groups (broad SMARTS) is 1. The molecule has 0 aromatic carbocycles. The van der Waals surface area contributed by atoms with E-state index in [2.05, 4.69) is 27.7 Å². The maximum absolute atomic E-state index is 12.6. The topological polar surface area (TPSA) is 83.8 Å². The molecule has 2 N–H and O–H groups in total. The smallest absolute Gasteiger partial charge is 0.309 e. The second kappa shape index (κ2) is 8.21. The van der Waals surface area contributed by atoms with E-state index < -0.39 is 17.0 Å². The van der Waals surface area contributed by atoms with Gasteiger partial charge in [-0.2, -0.15) is 0 Å². The molecule has 0 amide bonds. The van der Waals surface area contributed by atoms with Crippen molar-refractivity contribution in [3.05, 3.63) is 0 Å². The summed E-state index contributed by atoms with van der Waals surface area (Å²) < 4.78 is 6.20. The van der Waals surface area contributed by atoms with Crippen LogP contribution in [0.15, 0.2) is 0 Å². The largest absolute Gasteiger partial charge is 0.481 e. The van der Waals surface area contributed by atoms with Crippen molar-refractivity contribution >= 4 is 11.9 Å². The number of rotatable bonds is 3. The zero-order valence-electron chi connectivity index (χ0n) is 24.7. The Hall–Kier alpha value is -1.10. The lowest BCUT2D eigenvalue weighted by molar-refractivity contribution is -0.264. The fourth-order valence-electron chi connectivity index (χ4n) is 12.4. The van der Waals surface area contributed by atoms with Crippen molar-refractivity contribution < 1.29 is 24.5 Å². The predicted molar refractivity (Wildman–Crippen MR) is 144 cm³/mol. The third-order valence-electron chi connectivity index (χ3n) is 14.0. The van der Waals surface area contributed by atoms with Crippen molar-refractivity contribution in [2.24, 2.45) is 56.7 Å². The van der Waals surface area contributed by atoms with Gasteiger partial charge in [0.2, 0.25) is 0 Å². The zero-order valence-corrected chi connectivity index (χ0v) is 24.7. The molecule has 5 saturated carbocycles. The highest BCUT2D eigenvalue weighted by Crippen LogP contribution is 2.78. The Morgan fingerprint density at radius 3 is 2.00 bits per heavy atom. The second-order valence-electron chi connectivity index (χ2n) is 15.9.